The first-order valence-electron chi connectivity index (χ1n) is 12.5. The lowest BCUT2D eigenvalue weighted by molar-refractivity contribution is -0.306. The van der Waals surface area contributed by atoms with E-state index in [1.54, 1.807) is 27.9 Å². The number of nitrogens with zero attached hydrogens (tertiary/aromatic N) is 5. The van der Waals surface area contributed by atoms with Gasteiger partial charge in [-0.05, 0) is 37.7 Å². The molecule has 1 aliphatic carbocycles. The van der Waals surface area contributed by atoms with Crippen molar-refractivity contribution in [2.24, 2.45) is 0 Å². The van der Waals surface area contributed by atoms with Gasteiger partial charge in [0.25, 0.3) is 0 Å². The molecule has 37 heavy (non-hydrogen) atoms. The van der Waals surface area contributed by atoms with Crippen LogP contribution in [0.25, 0.3) is 27.3 Å². The van der Waals surface area contributed by atoms with Crippen LogP contribution in [0.1, 0.15) is 61.9 Å². The summed E-state index contributed by atoms with van der Waals surface area (Å²) in [7, 11) is 1.62. The molecule has 5 heterocycles. The maximum absolute atomic E-state index is 13.0. The molecule has 0 radical (unpaired) electrons. The number of β-amino-alcohol motifs (C(OH)–C–C–N with tert-alkyl or cyclic N) is 1. The summed E-state index contributed by atoms with van der Waals surface area (Å²) in [6, 6.07) is 2.05. The summed E-state index contributed by atoms with van der Waals surface area (Å²) in [5.74, 6) is 1.16. The van der Waals surface area contributed by atoms with E-state index in [1.165, 1.54) is 6.33 Å². The summed E-state index contributed by atoms with van der Waals surface area (Å²) < 4.78 is 46.2. The molecule has 6 rings (SSSR count). The third-order valence-corrected chi connectivity index (χ3v) is 8.99. The van der Waals surface area contributed by atoms with E-state index >= 15 is 0 Å². The highest BCUT2D eigenvalue weighted by Crippen LogP contribution is 2.45. The second-order valence-electron chi connectivity index (χ2n) is 10.6. The molecule has 12 heteroatoms. The highest BCUT2D eigenvalue weighted by molar-refractivity contribution is 7.18. The molecule has 1 aliphatic heterocycles. The third kappa shape index (κ3) is 4.00. The minimum Gasteiger partial charge on any atom is -0.493 e. The lowest BCUT2D eigenvalue weighted by atomic mass is 9.82. The zero-order valence-electron chi connectivity index (χ0n) is 20.8. The Morgan fingerprint density at radius 3 is 2.59 bits per heavy atom. The number of aromatic nitrogens is 5. The minimum absolute atomic E-state index is 0.0863. The Morgan fingerprint density at radius 1 is 1.22 bits per heavy atom. The van der Waals surface area contributed by atoms with Gasteiger partial charge in [0, 0.05) is 42.4 Å². The van der Waals surface area contributed by atoms with Crippen molar-refractivity contribution in [2.45, 2.75) is 69.2 Å². The predicted octanol–water partition coefficient (Wildman–Crippen LogP) is 5.10. The number of pyridine rings is 1. The van der Waals surface area contributed by atoms with Crippen LogP contribution < -0.4 is 4.74 Å². The predicted molar refractivity (Wildman–Crippen MR) is 134 cm³/mol. The van der Waals surface area contributed by atoms with Gasteiger partial charge in [-0.1, -0.05) is 13.8 Å². The molecule has 4 aromatic rings. The number of likely N-dealkylation sites (tertiary alicyclic amines) is 1. The number of nitrogens with one attached hydrogen (secondary N) is 1. The van der Waals surface area contributed by atoms with Crippen molar-refractivity contribution < 1.29 is 23.0 Å². The Kier molecular flexibility index (Phi) is 5.77. The smallest absolute Gasteiger partial charge is 0.419 e. The van der Waals surface area contributed by atoms with Crippen LogP contribution in [-0.4, -0.2) is 72.6 Å². The van der Waals surface area contributed by atoms with Crippen LogP contribution in [-0.2, 0) is 0 Å². The highest BCUT2D eigenvalue weighted by atomic mass is 32.1. The van der Waals surface area contributed by atoms with Gasteiger partial charge in [-0.25, -0.2) is 14.5 Å². The SMILES string of the molecule is COc1cc(-c2[nH]c3sc(C4CCC(N5CC(O)(C(F)(F)F)C5)CC4)nc3c2C(C)C)cn2ncnc12. The Balaban J connectivity index is 1.22. The summed E-state index contributed by atoms with van der Waals surface area (Å²) >= 11 is 1.66. The van der Waals surface area contributed by atoms with Gasteiger partial charge in [0.2, 0.25) is 0 Å². The summed E-state index contributed by atoms with van der Waals surface area (Å²) in [6.45, 7) is 3.66. The number of halogens is 3. The standard InChI is InChI=1S/C25H29F3N6O2S/c1-13(2)18-19(15-8-17(36-3)21-29-12-30-34(21)9-15)31-23-20(18)32-22(37-23)14-4-6-16(7-5-14)33-10-24(35,11-33)25(26,27)28/h8-9,12-14,16,31,35H,4-7,10-11H2,1-3H3. The average molecular weight is 535 g/mol. The largest absolute Gasteiger partial charge is 0.493 e. The second-order valence-corrected chi connectivity index (χ2v) is 11.6. The molecular formula is C25H29F3N6O2S. The van der Waals surface area contributed by atoms with Crippen molar-refractivity contribution in [3.8, 4) is 17.0 Å². The number of rotatable bonds is 5. The Bertz CT molecular complexity index is 1440. The van der Waals surface area contributed by atoms with Gasteiger partial charge in [0.1, 0.15) is 16.7 Å². The van der Waals surface area contributed by atoms with E-state index in [0.717, 1.165) is 57.9 Å². The topological polar surface area (TPSA) is 91.6 Å². The normalized spacial score (nSPS) is 22.7. The number of aromatic amines is 1. The molecule has 4 aromatic heterocycles. The van der Waals surface area contributed by atoms with Crippen LogP contribution in [0.4, 0.5) is 13.2 Å². The van der Waals surface area contributed by atoms with Crippen molar-refractivity contribution in [3.05, 3.63) is 29.2 Å². The highest BCUT2D eigenvalue weighted by Gasteiger charge is 2.61. The van der Waals surface area contributed by atoms with Gasteiger partial charge in [-0.3, -0.25) is 4.90 Å². The first-order valence-corrected chi connectivity index (χ1v) is 13.3. The molecule has 8 nitrogen and oxygen atoms in total. The number of alkyl halides is 3. The van der Waals surface area contributed by atoms with Gasteiger partial charge in [0.05, 0.1) is 17.8 Å². The lowest BCUT2D eigenvalue weighted by Crippen LogP contribution is -2.71. The van der Waals surface area contributed by atoms with Gasteiger partial charge in [0.15, 0.2) is 17.0 Å². The number of hydrogen-bond acceptors (Lipinski definition) is 7. The third-order valence-electron chi connectivity index (χ3n) is 7.85. The van der Waals surface area contributed by atoms with Crippen LogP contribution in [0.5, 0.6) is 5.75 Å². The zero-order chi connectivity index (χ0) is 26.1. The number of aliphatic hydroxyl groups is 1. The van der Waals surface area contributed by atoms with Crippen molar-refractivity contribution in [2.75, 3.05) is 20.2 Å². The maximum atomic E-state index is 13.0. The van der Waals surface area contributed by atoms with Crippen molar-refractivity contribution in [3.63, 3.8) is 0 Å². The van der Waals surface area contributed by atoms with Crippen molar-refractivity contribution in [1.82, 2.24) is 29.5 Å². The molecule has 1 saturated heterocycles. The molecule has 0 unspecified atom stereocenters. The fourth-order valence-electron chi connectivity index (χ4n) is 5.80. The molecule has 0 amide bonds. The molecular weight excluding hydrogens is 505 g/mol. The van der Waals surface area contributed by atoms with Crippen LogP contribution in [0.15, 0.2) is 18.6 Å². The molecule has 0 aromatic carbocycles. The maximum Gasteiger partial charge on any atom is 0.419 e. The van der Waals surface area contributed by atoms with E-state index in [2.05, 4.69) is 28.9 Å². The van der Waals surface area contributed by atoms with Crippen molar-refractivity contribution >= 4 is 27.3 Å². The summed E-state index contributed by atoms with van der Waals surface area (Å²) in [4.78, 5) is 15.7. The van der Waals surface area contributed by atoms with E-state index in [0.29, 0.717) is 17.3 Å². The second kappa shape index (κ2) is 8.67. The van der Waals surface area contributed by atoms with Gasteiger partial charge >= 0.3 is 6.18 Å². The van der Waals surface area contributed by atoms with Gasteiger partial charge in [-0.2, -0.15) is 18.3 Å². The number of ether oxygens (including phenoxy) is 1. The molecule has 2 aliphatic rings. The van der Waals surface area contributed by atoms with Crippen LogP contribution in [0, 0.1) is 0 Å². The fraction of sp³-hybridized carbons (Fsp3) is 0.560. The van der Waals surface area contributed by atoms with E-state index in [4.69, 9.17) is 9.72 Å². The lowest BCUT2D eigenvalue weighted by Gasteiger charge is -2.51. The van der Waals surface area contributed by atoms with Gasteiger partial charge in [-0.15, -0.1) is 11.3 Å². The molecule has 2 N–H and O–H groups in total. The van der Waals surface area contributed by atoms with Crippen LogP contribution in [0.3, 0.4) is 0 Å². The quantitative estimate of drug-likeness (QED) is 0.370. The molecule has 0 atom stereocenters. The zero-order valence-corrected chi connectivity index (χ0v) is 21.7. The van der Waals surface area contributed by atoms with E-state index in [1.807, 2.05) is 12.3 Å². The summed E-state index contributed by atoms with van der Waals surface area (Å²) in [6.07, 6.45) is 2.25. The average Bonchev–Trinajstić information content (AvgIpc) is 3.54. The number of H-pyrrole nitrogens is 1. The van der Waals surface area contributed by atoms with Gasteiger partial charge < -0.3 is 14.8 Å². The molecule has 1 saturated carbocycles. The monoisotopic (exact) mass is 534 g/mol. The summed E-state index contributed by atoms with van der Waals surface area (Å²) in [5.41, 5.74) is 2.15. The van der Waals surface area contributed by atoms with E-state index in [9.17, 15) is 18.3 Å². The number of thiazole rings is 1. The van der Waals surface area contributed by atoms with E-state index < -0.39 is 11.8 Å². The summed E-state index contributed by atoms with van der Waals surface area (Å²) in [5, 5.41) is 15.1. The minimum atomic E-state index is -4.57. The van der Waals surface area contributed by atoms with Crippen LogP contribution in [0.2, 0.25) is 0 Å². The number of hydrogen-bond donors (Lipinski definition) is 2. The first-order chi connectivity index (χ1) is 17.6. The van der Waals surface area contributed by atoms with Crippen molar-refractivity contribution in [1.29, 1.82) is 0 Å². The number of fused-ring (bicyclic) bond motifs is 2. The first kappa shape index (κ1) is 24.6. The number of methoxy groups -OCH3 is 1. The molecule has 198 valence electrons. The molecule has 0 spiro atoms. The van der Waals surface area contributed by atoms with E-state index in [-0.39, 0.29) is 25.0 Å². The Labute approximate surface area is 215 Å². The Hall–Kier alpha value is -2.70. The Morgan fingerprint density at radius 2 is 1.95 bits per heavy atom. The van der Waals surface area contributed by atoms with Crippen LogP contribution >= 0.6 is 11.3 Å². The molecule has 2 fully saturated rings. The fourth-order valence-corrected chi connectivity index (χ4v) is 6.96. The molecule has 0 bridgehead atoms.